The van der Waals surface area contributed by atoms with E-state index < -0.39 is 0 Å². The monoisotopic (exact) mass is 299 g/mol. The molecule has 23 heavy (non-hydrogen) atoms. The summed E-state index contributed by atoms with van der Waals surface area (Å²) >= 11 is 0. The number of hydrogen-bond acceptors (Lipinski definition) is 1. The van der Waals surface area contributed by atoms with Crippen LogP contribution in [0.3, 0.4) is 0 Å². The van der Waals surface area contributed by atoms with Gasteiger partial charge in [0, 0.05) is 16.8 Å². The van der Waals surface area contributed by atoms with Gasteiger partial charge in [0.05, 0.1) is 0 Å². The molecule has 3 aromatic carbocycles. The van der Waals surface area contributed by atoms with Gasteiger partial charge in [-0.3, -0.25) is 0 Å². The van der Waals surface area contributed by atoms with E-state index in [0.717, 1.165) is 11.4 Å². The van der Waals surface area contributed by atoms with Crippen LogP contribution in [0.5, 0.6) is 0 Å². The van der Waals surface area contributed by atoms with Gasteiger partial charge in [-0.25, -0.2) is 0 Å². The summed E-state index contributed by atoms with van der Waals surface area (Å²) in [5.74, 6) is 0. The van der Waals surface area contributed by atoms with Gasteiger partial charge >= 0.3 is 0 Å². The molecule has 0 bridgehead atoms. The van der Waals surface area contributed by atoms with E-state index in [0.29, 0.717) is 0 Å². The first kappa shape index (κ1) is 14.1. The van der Waals surface area contributed by atoms with Crippen LogP contribution in [0.25, 0.3) is 11.1 Å². The third-order valence-corrected chi connectivity index (χ3v) is 4.89. The molecule has 0 atom stereocenters. The quantitative estimate of drug-likeness (QED) is 0.608. The van der Waals surface area contributed by atoms with Crippen LogP contribution in [-0.4, -0.2) is 0 Å². The molecule has 0 heterocycles. The van der Waals surface area contributed by atoms with Gasteiger partial charge in [-0.15, -0.1) is 0 Å². The van der Waals surface area contributed by atoms with E-state index >= 15 is 0 Å². The molecule has 0 saturated carbocycles. The van der Waals surface area contributed by atoms with Crippen molar-refractivity contribution in [3.63, 3.8) is 0 Å². The maximum absolute atomic E-state index is 3.53. The molecule has 4 rings (SSSR count). The first-order valence-corrected chi connectivity index (χ1v) is 8.14. The number of hydrogen-bond donors (Lipinski definition) is 1. The first-order chi connectivity index (χ1) is 11.1. The highest BCUT2D eigenvalue weighted by Crippen LogP contribution is 2.49. The van der Waals surface area contributed by atoms with Crippen molar-refractivity contribution in [3.8, 4) is 11.1 Å². The molecule has 0 fully saturated rings. The molecule has 0 saturated heterocycles. The zero-order chi connectivity index (χ0) is 16.0. The van der Waals surface area contributed by atoms with E-state index in [1.807, 2.05) is 0 Å². The SMILES string of the molecule is Cc1cccc(Nc2ccc3c(c2)-c2ccccc2C3(C)C)c1. The van der Waals surface area contributed by atoms with Crippen LogP contribution >= 0.6 is 0 Å². The van der Waals surface area contributed by atoms with Crippen molar-refractivity contribution in [1.82, 2.24) is 0 Å². The molecule has 1 N–H and O–H groups in total. The first-order valence-electron chi connectivity index (χ1n) is 8.14. The highest BCUT2D eigenvalue weighted by atomic mass is 14.9. The van der Waals surface area contributed by atoms with Gasteiger partial charge in [-0.1, -0.05) is 56.3 Å². The number of nitrogens with one attached hydrogen (secondary N) is 1. The summed E-state index contributed by atoms with van der Waals surface area (Å²) in [5, 5.41) is 3.53. The molecule has 0 radical (unpaired) electrons. The highest BCUT2D eigenvalue weighted by molar-refractivity contribution is 5.83. The Bertz CT molecular complexity index is 890. The van der Waals surface area contributed by atoms with Gasteiger partial charge in [-0.05, 0) is 59.0 Å². The fraction of sp³-hybridized carbons (Fsp3) is 0.182. The van der Waals surface area contributed by atoms with Crippen molar-refractivity contribution in [3.05, 3.63) is 83.4 Å². The van der Waals surface area contributed by atoms with Crippen LogP contribution < -0.4 is 5.32 Å². The predicted octanol–water partition coefficient (Wildman–Crippen LogP) is 6.04. The van der Waals surface area contributed by atoms with Gasteiger partial charge in [-0.2, -0.15) is 0 Å². The molecule has 114 valence electrons. The second-order valence-electron chi connectivity index (χ2n) is 6.93. The number of benzene rings is 3. The summed E-state index contributed by atoms with van der Waals surface area (Å²) in [7, 11) is 0. The van der Waals surface area contributed by atoms with Crippen molar-refractivity contribution in [2.75, 3.05) is 5.32 Å². The molecule has 0 unspecified atom stereocenters. The zero-order valence-electron chi connectivity index (χ0n) is 13.9. The zero-order valence-corrected chi connectivity index (χ0v) is 13.9. The van der Waals surface area contributed by atoms with Crippen LogP contribution in [0.4, 0.5) is 11.4 Å². The van der Waals surface area contributed by atoms with Crippen molar-refractivity contribution in [1.29, 1.82) is 0 Å². The van der Waals surface area contributed by atoms with E-state index in [9.17, 15) is 0 Å². The third kappa shape index (κ3) is 2.24. The van der Waals surface area contributed by atoms with Crippen molar-refractivity contribution in [2.24, 2.45) is 0 Å². The van der Waals surface area contributed by atoms with Crippen molar-refractivity contribution < 1.29 is 0 Å². The summed E-state index contributed by atoms with van der Waals surface area (Å²) in [6, 6.07) is 24.0. The highest BCUT2D eigenvalue weighted by Gasteiger charge is 2.34. The minimum Gasteiger partial charge on any atom is -0.356 e. The summed E-state index contributed by atoms with van der Waals surface area (Å²) < 4.78 is 0. The van der Waals surface area contributed by atoms with Crippen LogP contribution in [0, 0.1) is 6.92 Å². The van der Waals surface area contributed by atoms with Gasteiger partial charge in [0.2, 0.25) is 0 Å². The Hall–Kier alpha value is -2.54. The fourth-order valence-corrected chi connectivity index (χ4v) is 3.69. The maximum Gasteiger partial charge on any atom is 0.0390 e. The van der Waals surface area contributed by atoms with Gasteiger partial charge in [0.25, 0.3) is 0 Å². The van der Waals surface area contributed by atoms with Crippen LogP contribution in [0.2, 0.25) is 0 Å². The average Bonchev–Trinajstić information content (AvgIpc) is 2.76. The summed E-state index contributed by atoms with van der Waals surface area (Å²) in [5.41, 5.74) is 9.16. The Kier molecular flexibility index (Phi) is 3.05. The molecule has 3 aromatic rings. The minimum absolute atomic E-state index is 0.0772. The fourth-order valence-electron chi connectivity index (χ4n) is 3.69. The van der Waals surface area contributed by atoms with Gasteiger partial charge in [0.15, 0.2) is 0 Å². The normalized spacial score (nSPS) is 14.2. The molecule has 1 aliphatic carbocycles. The standard InChI is InChI=1S/C22H21N/c1-15-7-6-8-16(13-15)23-17-11-12-21-19(14-17)18-9-4-5-10-20(18)22(21,2)3/h4-14,23H,1-3H3. The van der Waals surface area contributed by atoms with E-state index in [1.165, 1.54) is 27.8 Å². The summed E-state index contributed by atoms with van der Waals surface area (Å²) in [6.45, 7) is 6.74. The molecule has 0 spiro atoms. The third-order valence-electron chi connectivity index (χ3n) is 4.89. The maximum atomic E-state index is 3.53. The molecule has 0 aliphatic heterocycles. The second kappa shape index (κ2) is 4.99. The van der Waals surface area contributed by atoms with E-state index in [1.54, 1.807) is 0 Å². The predicted molar refractivity (Wildman–Crippen MR) is 98.5 cm³/mol. The Morgan fingerprint density at radius 3 is 2.26 bits per heavy atom. The lowest BCUT2D eigenvalue weighted by atomic mass is 9.82. The summed E-state index contributed by atoms with van der Waals surface area (Å²) in [6.07, 6.45) is 0. The van der Waals surface area contributed by atoms with Crippen LogP contribution in [-0.2, 0) is 5.41 Å². The van der Waals surface area contributed by atoms with Gasteiger partial charge in [0.1, 0.15) is 0 Å². The number of anilines is 2. The lowest BCUT2D eigenvalue weighted by Gasteiger charge is -2.21. The Morgan fingerprint density at radius 1 is 0.696 bits per heavy atom. The lowest BCUT2D eigenvalue weighted by molar-refractivity contribution is 0.660. The molecule has 1 aliphatic rings. The van der Waals surface area contributed by atoms with E-state index in [-0.39, 0.29) is 5.41 Å². The number of fused-ring (bicyclic) bond motifs is 3. The van der Waals surface area contributed by atoms with Crippen molar-refractivity contribution in [2.45, 2.75) is 26.2 Å². The molecule has 1 nitrogen and oxygen atoms in total. The van der Waals surface area contributed by atoms with Crippen LogP contribution in [0.15, 0.2) is 66.7 Å². The smallest absolute Gasteiger partial charge is 0.0390 e. The molecule has 0 amide bonds. The van der Waals surface area contributed by atoms with Crippen molar-refractivity contribution >= 4 is 11.4 Å². The van der Waals surface area contributed by atoms with E-state index in [2.05, 4.69) is 92.8 Å². The largest absolute Gasteiger partial charge is 0.356 e. The topological polar surface area (TPSA) is 12.0 Å². The Balaban J connectivity index is 1.78. The second-order valence-corrected chi connectivity index (χ2v) is 6.93. The number of rotatable bonds is 2. The van der Waals surface area contributed by atoms with Crippen LogP contribution in [0.1, 0.15) is 30.5 Å². The summed E-state index contributed by atoms with van der Waals surface area (Å²) in [4.78, 5) is 0. The molecular formula is C22H21N. The van der Waals surface area contributed by atoms with E-state index in [4.69, 9.17) is 0 Å². The Labute approximate surface area is 138 Å². The molecule has 0 aromatic heterocycles. The molecular weight excluding hydrogens is 278 g/mol. The minimum atomic E-state index is 0.0772. The average molecular weight is 299 g/mol. The van der Waals surface area contributed by atoms with Gasteiger partial charge < -0.3 is 5.32 Å². The lowest BCUT2D eigenvalue weighted by Crippen LogP contribution is -2.14. The molecule has 1 heteroatoms. The Morgan fingerprint density at radius 2 is 1.43 bits per heavy atom. The number of aryl methyl sites for hydroxylation is 1.